The van der Waals surface area contributed by atoms with E-state index >= 15 is 0 Å². The number of carbonyl (C=O) groups excluding carboxylic acids is 12. The van der Waals surface area contributed by atoms with Gasteiger partial charge in [0.15, 0.2) is 69.4 Å². The fourth-order valence-electron chi connectivity index (χ4n) is 9.06. The van der Waals surface area contributed by atoms with E-state index in [2.05, 4.69) is 0 Å². The molecule has 93 heavy (non-hydrogen) atoms. The quantitative estimate of drug-likeness (QED) is 0.0417. The zero-order chi connectivity index (χ0) is 70.4. The van der Waals surface area contributed by atoms with Crippen LogP contribution in [-0.4, -0.2) is 125 Å². The number of carboxylic acids is 5. The molecule has 476 valence electrons. The zero-order valence-corrected chi connectivity index (χ0v) is 51.6. The Bertz CT molecular complexity index is 4100. The van der Waals surface area contributed by atoms with E-state index < -0.39 is 58.8 Å². The van der Waals surface area contributed by atoms with Crippen LogP contribution in [0.4, 0.5) is 0 Å². The number of ether oxygens (including phenoxy) is 1. The predicted molar refractivity (Wildman–Crippen MR) is 332 cm³/mol. The molecule has 0 heterocycles. The molecular weight excluding hydrogens is 1210 g/mol. The normalized spacial score (nSPS) is 10.2. The molecule has 0 aliphatic rings. The first kappa shape index (κ1) is 73.2. The Morgan fingerprint density at radius 1 is 0.215 bits per heavy atom. The van der Waals surface area contributed by atoms with Gasteiger partial charge in [0, 0.05) is 72.3 Å². The Balaban J connectivity index is 0.000000266. The van der Waals surface area contributed by atoms with Crippen LogP contribution in [0.3, 0.4) is 0 Å². The number of hydrogen-bond acceptors (Lipinski definition) is 18. The van der Waals surface area contributed by atoms with Crippen LogP contribution in [0.25, 0.3) is 11.1 Å². The van der Waals surface area contributed by atoms with Gasteiger partial charge in [0.25, 0.3) is 0 Å². The highest BCUT2D eigenvalue weighted by molar-refractivity contribution is 6.16. The second-order valence-electron chi connectivity index (χ2n) is 20.5. The van der Waals surface area contributed by atoms with Gasteiger partial charge < -0.3 is 30.3 Å². The van der Waals surface area contributed by atoms with E-state index in [4.69, 9.17) is 30.3 Å². The van der Waals surface area contributed by atoms with E-state index in [0.29, 0.717) is 33.6 Å². The standard InChI is InChI=1S/C20H16O6.C19H16O6.C19H16O5.C12H10O6/c1-10(21)15-6-4-13(8-17(15)11(2)22)19(24)14-5-7-16(20(25)26)18(9-14)12(3)23;1-10(20)15-6-4-13(8-17(15)11(2)21)25-14-5-7-16(19(23)24)18(9-14)12(3)22;1-10(20)15-6-4-13(8-17(15)11(2)21)14-5-7-16(19(23)24)18(9-14)12(3)22;1-5(13)7-3-10(12(17)18)8(6(2)14)4-9(7)11(15)16/h4-9H,1-3H3,(H,25,26);4-9H,1-3H3,(H,23,24);4-9H,1-3H3,(H,23,24);3-4H,1-2H3,(H,15,16)(H,17,18). The molecule has 0 unspecified atom stereocenters. The van der Waals surface area contributed by atoms with Crippen LogP contribution in [-0.2, 0) is 0 Å². The van der Waals surface area contributed by atoms with Gasteiger partial charge in [-0.25, -0.2) is 24.0 Å². The van der Waals surface area contributed by atoms with Crippen molar-refractivity contribution >= 4 is 99.2 Å². The molecule has 0 fully saturated rings. The predicted octanol–water partition coefficient (Wildman–Crippen LogP) is 12.2. The number of aromatic carboxylic acids is 5. The average Bonchev–Trinajstić information content (AvgIpc) is 0.876. The van der Waals surface area contributed by atoms with Gasteiger partial charge in [0.2, 0.25) is 0 Å². The third-order valence-corrected chi connectivity index (χ3v) is 13.6. The van der Waals surface area contributed by atoms with Crippen LogP contribution in [0.5, 0.6) is 11.5 Å². The van der Waals surface area contributed by atoms with Crippen molar-refractivity contribution < 1.29 is 112 Å². The summed E-state index contributed by atoms with van der Waals surface area (Å²) in [7, 11) is 0. The molecule has 23 nitrogen and oxygen atoms in total. The van der Waals surface area contributed by atoms with Crippen LogP contribution in [0.1, 0.15) is 258 Å². The van der Waals surface area contributed by atoms with Gasteiger partial charge in [-0.15, -0.1) is 0 Å². The van der Waals surface area contributed by atoms with Gasteiger partial charge in [-0.2, -0.15) is 0 Å². The van der Waals surface area contributed by atoms with Gasteiger partial charge in [-0.1, -0.05) is 30.3 Å². The van der Waals surface area contributed by atoms with Crippen LogP contribution < -0.4 is 4.74 Å². The molecular formula is C70H58O23. The van der Waals surface area contributed by atoms with Gasteiger partial charge in [0.05, 0.1) is 27.8 Å². The maximum atomic E-state index is 12.7. The minimum atomic E-state index is -1.39. The largest absolute Gasteiger partial charge is 0.478 e. The van der Waals surface area contributed by atoms with Gasteiger partial charge in [0.1, 0.15) is 11.5 Å². The van der Waals surface area contributed by atoms with Crippen LogP contribution >= 0.6 is 0 Å². The minimum absolute atomic E-state index is 0.0251. The third-order valence-electron chi connectivity index (χ3n) is 13.6. The number of carbonyl (C=O) groups is 17. The highest BCUT2D eigenvalue weighted by Gasteiger charge is 2.25. The van der Waals surface area contributed by atoms with Crippen molar-refractivity contribution in [1.82, 2.24) is 0 Å². The fraction of sp³-hybridized carbons (Fsp3) is 0.157. The lowest BCUT2D eigenvalue weighted by Crippen LogP contribution is -2.14. The molecule has 0 aliphatic carbocycles. The molecule has 0 bridgehead atoms. The smallest absolute Gasteiger partial charge is 0.336 e. The zero-order valence-electron chi connectivity index (χ0n) is 51.6. The lowest BCUT2D eigenvalue weighted by Gasteiger charge is -2.11. The molecule has 7 rings (SSSR count). The molecule has 0 radical (unpaired) electrons. The Labute approximate surface area is 529 Å². The molecule has 0 spiro atoms. The number of hydrogen-bond donors (Lipinski definition) is 5. The van der Waals surface area contributed by atoms with Crippen molar-refractivity contribution in [2.75, 3.05) is 0 Å². The summed E-state index contributed by atoms with van der Waals surface area (Å²) in [6.07, 6.45) is 0. The Morgan fingerprint density at radius 2 is 0.419 bits per heavy atom. The number of carboxylic acid groups (broad SMARTS) is 5. The third kappa shape index (κ3) is 18.4. The van der Waals surface area contributed by atoms with E-state index in [1.165, 1.54) is 147 Å². The molecule has 0 amide bonds. The van der Waals surface area contributed by atoms with Gasteiger partial charge in [-0.05, 0) is 178 Å². The van der Waals surface area contributed by atoms with E-state index in [1.807, 2.05) is 0 Å². The molecule has 23 heteroatoms. The summed E-state index contributed by atoms with van der Waals surface area (Å²) >= 11 is 0. The Kier molecular flexibility index (Phi) is 24.6. The van der Waals surface area contributed by atoms with Crippen LogP contribution in [0.15, 0.2) is 121 Å². The molecule has 0 atom stereocenters. The van der Waals surface area contributed by atoms with E-state index in [1.54, 1.807) is 24.3 Å². The minimum Gasteiger partial charge on any atom is -0.478 e. The number of benzene rings is 7. The molecule has 5 N–H and O–H groups in total. The summed E-state index contributed by atoms with van der Waals surface area (Å²) in [6, 6.07) is 27.5. The number of Topliss-reactive ketones (excluding diaryl/α,β-unsaturated/α-hetero) is 11. The molecule has 7 aromatic rings. The van der Waals surface area contributed by atoms with E-state index in [-0.39, 0.29) is 130 Å². The average molecular weight is 1270 g/mol. The summed E-state index contributed by atoms with van der Waals surface area (Å²) in [6.45, 7) is 14.1. The van der Waals surface area contributed by atoms with Crippen molar-refractivity contribution in [2.45, 2.75) is 76.2 Å². The number of rotatable bonds is 21. The monoisotopic (exact) mass is 1270 g/mol. The first-order valence-electron chi connectivity index (χ1n) is 27.3. The topological polar surface area (TPSA) is 401 Å². The first-order chi connectivity index (χ1) is 43.3. The lowest BCUT2D eigenvalue weighted by molar-refractivity contribution is 0.0677. The molecule has 7 aromatic carbocycles. The summed E-state index contributed by atoms with van der Waals surface area (Å²) in [5, 5.41) is 45.3. The van der Waals surface area contributed by atoms with Crippen molar-refractivity contribution in [1.29, 1.82) is 0 Å². The van der Waals surface area contributed by atoms with Crippen molar-refractivity contribution in [3.05, 3.63) is 221 Å². The fourth-order valence-corrected chi connectivity index (χ4v) is 9.06. The first-order valence-corrected chi connectivity index (χ1v) is 27.3. The second-order valence-corrected chi connectivity index (χ2v) is 20.5. The van der Waals surface area contributed by atoms with Crippen molar-refractivity contribution in [3.63, 3.8) is 0 Å². The molecule has 0 aliphatic heterocycles. The summed E-state index contributed by atoms with van der Waals surface area (Å²) in [5.74, 6) is -10.4. The maximum Gasteiger partial charge on any atom is 0.336 e. The lowest BCUT2D eigenvalue weighted by atomic mass is 9.93. The number of ketones is 12. The van der Waals surface area contributed by atoms with E-state index in [9.17, 15) is 81.5 Å². The van der Waals surface area contributed by atoms with Gasteiger partial charge >= 0.3 is 29.8 Å². The van der Waals surface area contributed by atoms with E-state index in [0.717, 1.165) is 26.0 Å². The highest BCUT2D eigenvalue weighted by atomic mass is 16.5. The summed E-state index contributed by atoms with van der Waals surface area (Å²) in [4.78, 5) is 196. The summed E-state index contributed by atoms with van der Waals surface area (Å²) in [5.41, 5.74) is 1.49. The maximum absolute atomic E-state index is 12.7. The van der Waals surface area contributed by atoms with Gasteiger partial charge in [-0.3, -0.25) is 57.5 Å². The highest BCUT2D eigenvalue weighted by Crippen LogP contribution is 2.30. The summed E-state index contributed by atoms with van der Waals surface area (Å²) < 4.78 is 5.62. The second kappa shape index (κ2) is 31.3. The van der Waals surface area contributed by atoms with Crippen molar-refractivity contribution in [3.8, 4) is 22.6 Å². The molecule has 0 saturated heterocycles. The SMILES string of the molecule is CC(=O)c1cc(C(=O)O)c(C(C)=O)cc1C(=O)O.CC(=O)c1ccc(-c2ccc(C(=O)O)c(C(C)=O)c2)cc1C(C)=O.CC(=O)c1ccc(C(=O)c2ccc(C(=O)O)c(C(C)=O)c2)cc1C(C)=O.CC(=O)c1ccc(Oc2ccc(C(=O)O)c(C(C)=O)c2)cc1C(C)=O. The molecule has 0 aromatic heterocycles. The van der Waals surface area contributed by atoms with Crippen molar-refractivity contribution in [2.24, 2.45) is 0 Å². The molecule has 0 saturated carbocycles. The Hall–Kier alpha value is -12.3. The van der Waals surface area contributed by atoms with Crippen LogP contribution in [0.2, 0.25) is 0 Å². The Morgan fingerprint density at radius 3 is 0.720 bits per heavy atom. The van der Waals surface area contributed by atoms with Crippen LogP contribution in [0, 0.1) is 0 Å².